The summed E-state index contributed by atoms with van der Waals surface area (Å²) < 4.78 is 0. The Kier molecular flexibility index (Phi) is 5.07. The highest BCUT2D eigenvalue weighted by molar-refractivity contribution is 5.80. The zero-order valence-electron chi connectivity index (χ0n) is 13.5. The lowest BCUT2D eigenvalue weighted by Gasteiger charge is -2.25. The minimum Gasteiger partial charge on any atom is -0.300 e. The fourth-order valence-corrected chi connectivity index (χ4v) is 3.21. The van der Waals surface area contributed by atoms with Crippen LogP contribution in [0, 0.1) is 0 Å². The van der Waals surface area contributed by atoms with E-state index in [0.717, 1.165) is 6.54 Å². The van der Waals surface area contributed by atoms with E-state index in [2.05, 4.69) is 72.5 Å². The Morgan fingerprint density at radius 1 is 0.909 bits per heavy atom. The van der Waals surface area contributed by atoms with Crippen LogP contribution < -0.4 is 0 Å². The number of likely N-dealkylation sites (tertiary alicyclic amines) is 1. The molecule has 1 saturated heterocycles. The molecule has 1 heterocycles. The van der Waals surface area contributed by atoms with Gasteiger partial charge in [0.25, 0.3) is 0 Å². The first-order valence-corrected chi connectivity index (χ1v) is 8.38. The molecule has 114 valence electrons. The summed E-state index contributed by atoms with van der Waals surface area (Å²) in [5, 5.41) is 0. The molecular weight excluding hydrogens is 266 g/mol. The van der Waals surface area contributed by atoms with Crippen LogP contribution >= 0.6 is 0 Å². The standard InChI is InChI=1S/C21H25N/c1-18(14-17-22-15-8-3-9-16-22)20-12-6-7-13-21(20)19-10-4-2-5-11-19/h2,4-7,10-14H,3,8-9,15-17H2,1H3. The molecule has 0 saturated carbocycles. The average Bonchev–Trinajstić information content (AvgIpc) is 2.61. The predicted octanol–water partition coefficient (Wildman–Crippen LogP) is 5.24. The molecule has 1 aliphatic heterocycles. The first-order valence-electron chi connectivity index (χ1n) is 8.38. The van der Waals surface area contributed by atoms with Crippen molar-refractivity contribution in [1.82, 2.24) is 4.90 Å². The molecule has 0 aromatic heterocycles. The highest BCUT2D eigenvalue weighted by Gasteiger charge is 2.09. The maximum absolute atomic E-state index is 2.57. The van der Waals surface area contributed by atoms with Gasteiger partial charge in [-0.15, -0.1) is 0 Å². The van der Waals surface area contributed by atoms with Crippen molar-refractivity contribution in [1.29, 1.82) is 0 Å². The number of allylic oxidation sites excluding steroid dienone is 1. The van der Waals surface area contributed by atoms with E-state index in [1.165, 1.54) is 54.6 Å². The number of rotatable bonds is 4. The first-order chi connectivity index (χ1) is 10.8. The van der Waals surface area contributed by atoms with Gasteiger partial charge in [0, 0.05) is 6.54 Å². The van der Waals surface area contributed by atoms with E-state index in [0.29, 0.717) is 0 Å². The molecule has 1 heteroatoms. The Bertz CT molecular complexity index is 621. The number of hydrogen-bond donors (Lipinski definition) is 0. The topological polar surface area (TPSA) is 3.24 Å². The summed E-state index contributed by atoms with van der Waals surface area (Å²) >= 11 is 0. The van der Waals surface area contributed by atoms with Crippen molar-refractivity contribution in [2.24, 2.45) is 0 Å². The molecule has 1 fully saturated rings. The van der Waals surface area contributed by atoms with E-state index in [1.54, 1.807) is 0 Å². The molecule has 0 unspecified atom stereocenters. The second-order valence-electron chi connectivity index (χ2n) is 6.16. The highest BCUT2D eigenvalue weighted by Crippen LogP contribution is 2.28. The van der Waals surface area contributed by atoms with Crippen LogP contribution in [0.2, 0.25) is 0 Å². The third kappa shape index (κ3) is 3.66. The molecule has 1 aliphatic rings. The van der Waals surface area contributed by atoms with Gasteiger partial charge in [-0.3, -0.25) is 4.90 Å². The Morgan fingerprint density at radius 2 is 1.59 bits per heavy atom. The number of hydrogen-bond acceptors (Lipinski definition) is 1. The quantitative estimate of drug-likeness (QED) is 0.744. The van der Waals surface area contributed by atoms with E-state index in [-0.39, 0.29) is 0 Å². The normalized spacial score (nSPS) is 16.7. The summed E-state index contributed by atoms with van der Waals surface area (Å²) in [6, 6.07) is 19.4. The zero-order chi connectivity index (χ0) is 15.2. The van der Waals surface area contributed by atoms with Crippen molar-refractivity contribution in [3.63, 3.8) is 0 Å². The van der Waals surface area contributed by atoms with E-state index in [4.69, 9.17) is 0 Å². The third-order valence-electron chi connectivity index (χ3n) is 4.54. The van der Waals surface area contributed by atoms with Crippen molar-refractivity contribution >= 4 is 5.57 Å². The van der Waals surface area contributed by atoms with Gasteiger partial charge in [-0.05, 0) is 55.1 Å². The largest absolute Gasteiger partial charge is 0.300 e. The monoisotopic (exact) mass is 291 g/mol. The second-order valence-corrected chi connectivity index (χ2v) is 6.16. The van der Waals surface area contributed by atoms with Gasteiger partial charge in [0.15, 0.2) is 0 Å². The minimum atomic E-state index is 1.08. The van der Waals surface area contributed by atoms with Gasteiger partial charge < -0.3 is 0 Å². The van der Waals surface area contributed by atoms with Crippen molar-refractivity contribution in [3.8, 4) is 11.1 Å². The second kappa shape index (κ2) is 7.42. The lowest BCUT2D eigenvalue weighted by atomic mass is 9.95. The molecular formula is C21H25N. The molecule has 0 aliphatic carbocycles. The highest BCUT2D eigenvalue weighted by atomic mass is 15.1. The summed E-state index contributed by atoms with van der Waals surface area (Å²) in [6.45, 7) is 5.83. The fraction of sp³-hybridized carbons (Fsp3) is 0.333. The Balaban J connectivity index is 1.81. The Labute approximate surface area is 134 Å². The van der Waals surface area contributed by atoms with Crippen LogP contribution in [0.25, 0.3) is 16.7 Å². The zero-order valence-corrected chi connectivity index (χ0v) is 13.5. The summed E-state index contributed by atoms with van der Waals surface area (Å²) in [5.41, 5.74) is 5.36. The lowest BCUT2D eigenvalue weighted by Crippen LogP contribution is -2.29. The number of benzene rings is 2. The van der Waals surface area contributed by atoms with Gasteiger partial charge >= 0.3 is 0 Å². The van der Waals surface area contributed by atoms with Gasteiger partial charge in [0.05, 0.1) is 0 Å². The van der Waals surface area contributed by atoms with Gasteiger partial charge in [-0.2, -0.15) is 0 Å². The van der Waals surface area contributed by atoms with Crippen LogP contribution in [-0.4, -0.2) is 24.5 Å². The Morgan fingerprint density at radius 3 is 2.36 bits per heavy atom. The smallest absolute Gasteiger partial charge is 0.0169 e. The van der Waals surface area contributed by atoms with Crippen LogP contribution in [-0.2, 0) is 0 Å². The predicted molar refractivity (Wildman–Crippen MR) is 95.8 cm³/mol. The van der Waals surface area contributed by atoms with Gasteiger partial charge in [0.1, 0.15) is 0 Å². The fourth-order valence-electron chi connectivity index (χ4n) is 3.21. The van der Waals surface area contributed by atoms with Crippen LogP contribution in [0.4, 0.5) is 0 Å². The van der Waals surface area contributed by atoms with E-state index in [9.17, 15) is 0 Å². The maximum atomic E-state index is 2.57. The van der Waals surface area contributed by atoms with Crippen LogP contribution in [0.5, 0.6) is 0 Å². The molecule has 0 atom stereocenters. The number of piperidine rings is 1. The number of nitrogens with zero attached hydrogens (tertiary/aromatic N) is 1. The summed E-state index contributed by atoms with van der Waals surface area (Å²) in [6.07, 6.45) is 6.50. The summed E-state index contributed by atoms with van der Waals surface area (Å²) in [4.78, 5) is 2.57. The average molecular weight is 291 g/mol. The third-order valence-corrected chi connectivity index (χ3v) is 4.54. The van der Waals surface area contributed by atoms with Crippen LogP contribution in [0.3, 0.4) is 0 Å². The molecule has 0 bridgehead atoms. The van der Waals surface area contributed by atoms with Crippen molar-refractivity contribution in [2.45, 2.75) is 26.2 Å². The van der Waals surface area contributed by atoms with E-state index >= 15 is 0 Å². The van der Waals surface area contributed by atoms with Crippen LogP contribution in [0.1, 0.15) is 31.7 Å². The van der Waals surface area contributed by atoms with E-state index in [1.807, 2.05) is 0 Å². The van der Waals surface area contributed by atoms with Gasteiger partial charge in [-0.1, -0.05) is 67.1 Å². The summed E-state index contributed by atoms with van der Waals surface area (Å²) in [5.74, 6) is 0. The molecule has 1 nitrogen and oxygen atoms in total. The van der Waals surface area contributed by atoms with Crippen LogP contribution in [0.15, 0.2) is 60.7 Å². The van der Waals surface area contributed by atoms with Crippen molar-refractivity contribution in [3.05, 3.63) is 66.2 Å². The first kappa shape index (κ1) is 15.1. The molecule has 3 rings (SSSR count). The van der Waals surface area contributed by atoms with Gasteiger partial charge in [0.2, 0.25) is 0 Å². The van der Waals surface area contributed by atoms with Gasteiger partial charge in [-0.25, -0.2) is 0 Å². The maximum Gasteiger partial charge on any atom is 0.0169 e. The molecule has 0 amide bonds. The molecule has 2 aromatic carbocycles. The van der Waals surface area contributed by atoms with Crippen molar-refractivity contribution < 1.29 is 0 Å². The van der Waals surface area contributed by atoms with E-state index < -0.39 is 0 Å². The summed E-state index contributed by atoms with van der Waals surface area (Å²) in [7, 11) is 0. The molecule has 22 heavy (non-hydrogen) atoms. The molecule has 2 aromatic rings. The minimum absolute atomic E-state index is 1.08. The molecule has 0 spiro atoms. The lowest BCUT2D eigenvalue weighted by molar-refractivity contribution is 0.251. The SMILES string of the molecule is CC(=CCN1CCCCC1)c1ccccc1-c1ccccc1. The van der Waals surface area contributed by atoms with Crippen molar-refractivity contribution in [2.75, 3.05) is 19.6 Å². The Hall–Kier alpha value is -1.86. The molecule has 0 radical (unpaired) electrons. The molecule has 0 N–H and O–H groups in total.